The van der Waals surface area contributed by atoms with Crippen LogP contribution in [0.2, 0.25) is 0 Å². The van der Waals surface area contributed by atoms with Crippen LogP contribution in [0.1, 0.15) is 22.9 Å². The SMILES string of the molecule is COc1cc(CC(O)c2cccc(C)c2I)ncn1. The van der Waals surface area contributed by atoms with Crippen molar-refractivity contribution in [1.82, 2.24) is 9.97 Å². The van der Waals surface area contributed by atoms with E-state index in [9.17, 15) is 5.11 Å². The van der Waals surface area contributed by atoms with Gasteiger partial charge in [0.2, 0.25) is 5.88 Å². The molecule has 0 radical (unpaired) electrons. The van der Waals surface area contributed by atoms with Crippen molar-refractivity contribution in [3.05, 3.63) is 51.0 Å². The highest BCUT2D eigenvalue weighted by atomic mass is 127. The molecule has 0 saturated heterocycles. The fourth-order valence-corrected chi connectivity index (χ4v) is 2.55. The van der Waals surface area contributed by atoms with Gasteiger partial charge in [-0.25, -0.2) is 9.97 Å². The number of hydrogen-bond acceptors (Lipinski definition) is 4. The molecule has 0 aliphatic carbocycles. The Labute approximate surface area is 126 Å². The summed E-state index contributed by atoms with van der Waals surface area (Å²) in [6, 6.07) is 7.67. The molecular formula is C14H15IN2O2. The van der Waals surface area contributed by atoms with Crippen LogP contribution in [-0.4, -0.2) is 22.2 Å². The molecule has 0 spiro atoms. The smallest absolute Gasteiger partial charge is 0.216 e. The van der Waals surface area contributed by atoms with E-state index in [1.807, 2.05) is 25.1 Å². The number of methoxy groups -OCH3 is 1. The summed E-state index contributed by atoms with van der Waals surface area (Å²) in [5.74, 6) is 0.510. The van der Waals surface area contributed by atoms with Gasteiger partial charge in [0, 0.05) is 16.1 Å². The molecule has 0 aliphatic rings. The fraction of sp³-hybridized carbons (Fsp3) is 0.286. The van der Waals surface area contributed by atoms with Crippen LogP contribution in [0.25, 0.3) is 0 Å². The minimum atomic E-state index is -0.577. The van der Waals surface area contributed by atoms with Gasteiger partial charge in [-0.05, 0) is 40.6 Å². The zero-order chi connectivity index (χ0) is 13.8. The molecule has 5 heteroatoms. The van der Waals surface area contributed by atoms with Crippen LogP contribution in [0.3, 0.4) is 0 Å². The Hall–Kier alpha value is -1.21. The van der Waals surface area contributed by atoms with Crippen LogP contribution in [-0.2, 0) is 6.42 Å². The maximum Gasteiger partial charge on any atom is 0.216 e. The zero-order valence-electron chi connectivity index (χ0n) is 10.8. The van der Waals surface area contributed by atoms with Gasteiger partial charge < -0.3 is 9.84 Å². The molecule has 1 atom stereocenters. The molecule has 0 fully saturated rings. The lowest BCUT2D eigenvalue weighted by Crippen LogP contribution is -2.06. The van der Waals surface area contributed by atoms with Gasteiger partial charge in [0.1, 0.15) is 6.33 Å². The molecule has 1 aromatic carbocycles. The first-order valence-electron chi connectivity index (χ1n) is 5.90. The molecule has 19 heavy (non-hydrogen) atoms. The molecule has 2 aromatic rings. The van der Waals surface area contributed by atoms with Crippen molar-refractivity contribution in [1.29, 1.82) is 0 Å². The summed E-state index contributed by atoms with van der Waals surface area (Å²) < 4.78 is 6.14. The number of rotatable bonds is 4. The van der Waals surface area contributed by atoms with E-state index in [4.69, 9.17) is 4.74 Å². The van der Waals surface area contributed by atoms with Gasteiger partial charge in [-0.1, -0.05) is 18.2 Å². The van der Waals surface area contributed by atoms with E-state index in [0.29, 0.717) is 12.3 Å². The summed E-state index contributed by atoms with van der Waals surface area (Å²) in [4.78, 5) is 8.10. The van der Waals surface area contributed by atoms with Gasteiger partial charge in [0.25, 0.3) is 0 Å². The van der Waals surface area contributed by atoms with Crippen LogP contribution >= 0.6 is 22.6 Å². The molecule has 4 nitrogen and oxygen atoms in total. The Kier molecular flexibility index (Phi) is 4.71. The molecule has 1 aromatic heterocycles. The first-order chi connectivity index (χ1) is 9.11. The van der Waals surface area contributed by atoms with Gasteiger partial charge in [-0.2, -0.15) is 0 Å². The predicted octanol–water partition coefficient (Wildman–Crippen LogP) is 2.67. The number of aliphatic hydroxyl groups is 1. The Balaban J connectivity index is 2.20. The second-order valence-corrected chi connectivity index (χ2v) is 5.33. The third-order valence-electron chi connectivity index (χ3n) is 2.89. The number of aryl methyl sites for hydroxylation is 1. The number of halogens is 1. The van der Waals surface area contributed by atoms with Crippen LogP contribution in [0.4, 0.5) is 0 Å². The standard InChI is InChI=1S/C14H15IN2O2/c1-9-4-3-5-11(14(9)15)12(18)6-10-7-13(19-2)17-8-16-10/h3-5,7-8,12,18H,6H2,1-2H3. The van der Waals surface area contributed by atoms with E-state index in [-0.39, 0.29) is 0 Å². The Morgan fingerprint density at radius 1 is 1.37 bits per heavy atom. The summed E-state index contributed by atoms with van der Waals surface area (Å²) in [5, 5.41) is 10.3. The van der Waals surface area contributed by atoms with Crippen LogP contribution in [0.15, 0.2) is 30.6 Å². The lowest BCUT2D eigenvalue weighted by Gasteiger charge is -2.14. The van der Waals surface area contributed by atoms with Crippen molar-refractivity contribution < 1.29 is 9.84 Å². The molecule has 1 heterocycles. The highest BCUT2D eigenvalue weighted by Gasteiger charge is 2.14. The van der Waals surface area contributed by atoms with E-state index in [0.717, 1.165) is 20.4 Å². The van der Waals surface area contributed by atoms with Crippen LogP contribution in [0.5, 0.6) is 5.88 Å². The summed E-state index contributed by atoms with van der Waals surface area (Å²) in [6.45, 7) is 2.03. The third-order valence-corrected chi connectivity index (χ3v) is 4.36. The van der Waals surface area contributed by atoms with Crippen molar-refractivity contribution in [2.24, 2.45) is 0 Å². The maximum absolute atomic E-state index is 10.3. The molecule has 1 N–H and O–H groups in total. The molecule has 0 amide bonds. The van der Waals surface area contributed by atoms with E-state index in [1.165, 1.54) is 6.33 Å². The van der Waals surface area contributed by atoms with Gasteiger partial charge in [-0.15, -0.1) is 0 Å². The maximum atomic E-state index is 10.3. The normalized spacial score (nSPS) is 12.2. The van der Waals surface area contributed by atoms with Crippen molar-refractivity contribution in [3.8, 4) is 5.88 Å². The van der Waals surface area contributed by atoms with E-state index in [1.54, 1.807) is 13.2 Å². The number of ether oxygens (including phenoxy) is 1. The number of hydrogen-bond donors (Lipinski definition) is 1. The Morgan fingerprint density at radius 2 is 2.16 bits per heavy atom. The minimum absolute atomic E-state index is 0.443. The van der Waals surface area contributed by atoms with Gasteiger partial charge in [0.05, 0.1) is 18.9 Å². The highest BCUT2D eigenvalue weighted by Crippen LogP contribution is 2.25. The average molecular weight is 370 g/mol. The lowest BCUT2D eigenvalue weighted by molar-refractivity contribution is 0.176. The zero-order valence-corrected chi connectivity index (χ0v) is 13.0. The van der Waals surface area contributed by atoms with E-state index < -0.39 is 6.10 Å². The topological polar surface area (TPSA) is 55.2 Å². The summed E-state index contributed by atoms with van der Waals surface area (Å²) in [7, 11) is 1.56. The molecule has 0 bridgehead atoms. The Morgan fingerprint density at radius 3 is 2.89 bits per heavy atom. The second kappa shape index (κ2) is 6.29. The third kappa shape index (κ3) is 3.42. The molecule has 0 saturated carbocycles. The van der Waals surface area contributed by atoms with Crippen molar-refractivity contribution >= 4 is 22.6 Å². The van der Waals surface area contributed by atoms with Crippen molar-refractivity contribution in [2.45, 2.75) is 19.4 Å². The number of nitrogens with zero attached hydrogens (tertiary/aromatic N) is 2. The molecule has 100 valence electrons. The Bertz CT molecular complexity index is 575. The second-order valence-electron chi connectivity index (χ2n) is 4.25. The summed E-state index contributed by atoms with van der Waals surface area (Å²) >= 11 is 2.26. The lowest BCUT2D eigenvalue weighted by atomic mass is 10.0. The van der Waals surface area contributed by atoms with E-state index >= 15 is 0 Å². The van der Waals surface area contributed by atoms with Gasteiger partial charge in [0.15, 0.2) is 0 Å². The molecule has 1 unspecified atom stereocenters. The van der Waals surface area contributed by atoms with Gasteiger partial charge in [-0.3, -0.25) is 0 Å². The summed E-state index contributed by atoms with van der Waals surface area (Å²) in [6.07, 6.45) is 1.31. The van der Waals surface area contributed by atoms with Crippen molar-refractivity contribution in [3.63, 3.8) is 0 Å². The largest absolute Gasteiger partial charge is 0.481 e. The molecule has 0 aliphatic heterocycles. The molecular weight excluding hydrogens is 355 g/mol. The van der Waals surface area contributed by atoms with Crippen molar-refractivity contribution in [2.75, 3.05) is 7.11 Å². The van der Waals surface area contributed by atoms with Gasteiger partial charge >= 0.3 is 0 Å². The number of aliphatic hydroxyl groups excluding tert-OH is 1. The monoisotopic (exact) mass is 370 g/mol. The van der Waals surface area contributed by atoms with Crippen LogP contribution < -0.4 is 4.74 Å². The van der Waals surface area contributed by atoms with Crippen LogP contribution in [0, 0.1) is 10.5 Å². The minimum Gasteiger partial charge on any atom is -0.481 e. The van der Waals surface area contributed by atoms with E-state index in [2.05, 4.69) is 32.6 Å². The average Bonchev–Trinajstić information content (AvgIpc) is 2.42. The first-order valence-corrected chi connectivity index (χ1v) is 6.97. The fourth-order valence-electron chi connectivity index (χ4n) is 1.84. The number of benzene rings is 1. The predicted molar refractivity (Wildman–Crippen MR) is 81.1 cm³/mol. The summed E-state index contributed by atoms with van der Waals surface area (Å²) in [5.41, 5.74) is 2.85. The quantitative estimate of drug-likeness (QED) is 0.841. The number of aromatic nitrogens is 2. The highest BCUT2D eigenvalue weighted by molar-refractivity contribution is 14.1. The first kappa shape index (κ1) is 14.2. The molecule has 2 rings (SSSR count).